The lowest BCUT2D eigenvalue weighted by Gasteiger charge is -2.01. The lowest BCUT2D eigenvalue weighted by Crippen LogP contribution is -2.12. The van der Waals surface area contributed by atoms with Crippen LogP contribution in [-0.4, -0.2) is 26.6 Å². The minimum atomic E-state index is -0.302. The van der Waals surface area contributed by atoms with Gasteiger partial charge in [0.2, 0.25) is 5.91 Å². The molecule has 0 atom stereocenters. The summed E-state index contributed by atoms with van der Waals surface area (Å²) >= 11 is 2.75. The lowest BCUT2D eigenvalue weighted by atomic mass is 10.2. The molecular weight excluding hydrogens is 463 g/mol. The zero-order valence-corrected chi connectivity index (χ0v) is 18.7. The van der Waals surface area contributed by atoms with E-state index in [0.717, 1.165) is 11.3 Å². The minimum absolute atomic E-state index is 0.147. The van der Waals surface area contributed by atoms with Crippen LogP contribution >= 0.6 is 23.1 Å². The molecule has 7 nitrogen and oxygen atoms in total. The van der Waals surface area contributed by atoms with Crippen molar-refractivity contribution in [1.82, 2.24) is 15.0 Å². The van der Waals surface area contributed by atoms with Gasteiger partial charge in [-0.15, -0.1) is 11.3 Å². The highest BCUT2D eigenvalue weighted by atomic mass is 32.2. The third kappa shape index (κ3) is 4.91. The number of carbonyl (C=O) groups is 1. The van der Waals surface area contributed by atoms with Gasteiger partial charge in [-0.1, -0.05) is 11.8 Å². The van der Waals surface area contributed by atoms with E-state index in [9.17, 15) is 9.18 Å². The molecule has 1 amide bonds. The number of nitrogens with one attached hydrogen (secondary N) is 2. The largest absolute Gasteiger partial charge is 0.463 e. The first-order chi connectivity index (χ1) is 16.2. The molecule has 4 aromatic heterocycles. The Kier molecular flexibility index (Phi) is 6.09. The Morgan fingerprint density at radius 3 is 2.55 bits per heavy atom. The summed E-state index contributed by atoms with van der Waals surface area (Å²) in [5, 5.41) is 5.80. The van der Waals surface area contributed by atoms with Crippen molar-refractivity contribution in [3.63, 3.8) is 0 Å². The van der Waals surface area contributed by atoms with E-state index >= 15 is 0 Å². The Hall–Kier alpha value is -3.63. The molecule has 0 saturated carbocycles. The number of carbonyl (C=O) groups excluding carboxylic acids is 1. The van der Waals surface area contributed by atoms with Crippen molar-refractivity contribution in [2.75, 3.05) is 11.1 Å². The van der Waals surface area contributed by atoms with E-state index in [1.165, 1.54) is 35.2 Å². The molecule has 10 heteroatoms. The van der Waals surface area contributed by atoms with Crippen LogP contribution in [0, 0.1) is 5.82 Å². The van der Waals surface area contributed by atoms with Crippen molar-refractivity contribution in [2.24, 2.45) is 0 Å². The van der Waals surface area contributed by atoms with Crippen LogP contribution in [0.5, 0.6) is 0 Å². The fourth-order valence-electron chi connectivity index (χ4n) is 3.12. The number of thioether (sulfide) groups is 1. The second-order valence-electron chi connectivity index (χ2n) is 6.91. The second-order valence-corrected chi connectivity index (χ2v) is 8.85. The summed E-state index contributed by atoms with van der Waals surface area (Å²) < 4.78 is 24.1. The third-order valence-electron chi connectivity index (χ3n) is 4.66. The summed E-state index contributed by atoms with van der Waals surface area (Å²) in [6.07, 6.45) is 3.47. The normalized spacial score (nSPS) is 11.1. The summed E-state index contributed by atoms with van der Waals surface area (Å²) in [4.78, 5) is 24.6. The van der Waals surface area contributed by atoms with Gasteiger partial charge >= 0.3 is 0 Å². The van der Waals surface area contributed by atoms with Gasteiger partial charge in [0.15, 0.2) is 21.8 Å². The van der Waals surface area contributed by atoms with Gasteiger partial charge in [0.1, 0.15) is 17.2 Å². The van der Waals surface area contributed by atoms with Crippen molar-refractivity contribution >= 4 is 34.1 Å². The summed E-state index contributed by atoms with van der Waals surface area (Å²) in [7, 11) is 0. The molecule has 0 aliphatic rings. The first-order valence-electron chi connectivity index (χ1n) is 9.97. The molecule has 0 spiro atoms. The van der Waals surface area contributed by atoms with Crippen molar-refractivity contribution in [3.8, 4) is 34.2 Å². The predicted octanol–water partition coefficient (Wildman–Crippen LogP) is 6.31. The van der Waals surface area contributed by atoms with Crippen LogP contribution in [0.25, 0.3) is 34.2 Å². The topological polar surface area (TPSA) is 97.0 Å². The molecule has 0 saturated heterocycles. The van der Waals surface area contributed by atoms with Crippen molar-refractivity contribution in [3.05, 3.63) is 72.3 Å². The molecule has 0 fully saturated rings. The first-order valence-corrected chi connectivity index (χ1v) is 11.8. The number of anilines is 1. The molecule has 2 N–H and O–H groups in total. The van der Waals surface area contributed by atoms with Gasteiger partial charge in [-0.3, -0.25) is 4.79 Å². The number of rotatable bonds is 8. The fraction of sp³-hybridized carbons (Fsp3) is 0.0870. The van der Waals surface area contributed by atoms with Crippen molar-refractivity contribution < 1.29 is 18.0 Å². The summed E-state index contributed by atoms with van der Waals surface area (Å²) in [5.41, 5.74) is 2.86. The zero-order valence-electron chi connectivity index (χ0n) is 17.1. The van der Waals surface area contributed by atoms with Gasteiger partial charge in [-0.2, -0.15) is 0 Å². The van der Waals surface area contributed by atoms with E-state index in [2.05, 4.69) is 20.3 Å². The van der Waals surface area contributed by atoms with E-state index in [0.29, 0.717) is 38.9 Å². The van der Waals surface area contributed by atoms with E-state index in [1.54, 1.807) is 36.8 Å². The number of benzene rings is 1. The number of nitrogens with zero attached hydrogens (tertiary/aromatic N) is 2. The Morgan fingerprint density at radius 1 is 1.06 bits per heavy atom. The maximum atomic E-state index is 13.1. The number of furan rings is 2. The molecule has 4 heterocycles. The Balaban J connectivity index is 1.19. The van der Waals surface area contributed by atoms with Crippen LogP contribution < -0.4 is 5.32 Å². The number of aromatic amines is 1. The zero-order chi connectivity index (χ0) is 22.6. The Morgan fingerprint density at radius 2 is 1.82 bits per heavy atom. The van der Waals surface area contributed by atoms with Crippen LogP contribution in [0.1, 0.15) is 6.42 Å². The predicted molar refractivity (Wildman–Crippen MR) is 125 cm³/mol. The quantitative estimate of drug-likeness (QED) is 0.253. The number of hydrogen-bond acceptors (Lipinski definition) is 7. The molecule has 0 radical (unpaired) electrons. The molecule has 1 aromatic carbocycles. The standard InChI is InChI=1S/C23H17FN4O3S2/c24-15-7-5-14(6-8-15)16-13-33-22(25-16)26-19(29)9-12-32-23-27-20(17-3-1-10-30-17)21(28-23)18-4-2-11-31-18/h1-8,10-11,13H,9,12H2,(H,27,28)(H,25,26,29). The number of imidazole rings is 1. The minimum Gasteiger partial charge on any atom is -0.463 e. The Labute approximate surface area is 196 Å². The monoisotopic (exact) mass is 480 g/mol. The number of hydrogen-bond donors (Lipinski definition) is 2. The fourth-order valence-corrected chi connectivity index (χ4v) is 4.66. The molecule has 166 valence electrons. The number of H-pyrrole nitrogens is 1. The molecule has 0 bridgehead atoms. The van der Waals surface area contributed by atoms with Crippen molar-refractivity contribution in [2.45, 2.75) is 11.6 Å². The molecule has 0 unspecified atom stereocenters. The van der Waals surface area contributed by atoms with Crippen molar-refractivity contribution in [1.29, 1.82) is 0 Å². The van der Waals surface area contributed by atoms with Gasteiger partial charge in [0, 0.05) is 23.1 Å². The van der Waals surface area contributed by atoms with Crippen LogP contribution in [-0.2, 0) is 4.79 Å². The van der Waals surface area contributed by atoms with Gasteiger partial charge in [-0.25, -0.2) is 14.4 Å². The van der Waals surface area contributed by atoms with E-state index in [4.69, 9.17) is 8.83 Å². The summed E-state index contributed by atoms with van der Waals surface area (Å²) in [6.45, 7) is 0. The smallest absolute Gasteiger partial charge is 0.226 e. The highest BCUT2D eigenvalue weighted by Crippen LogP contribution is 2.33. The summed E-state index contributed by atoms with van der Waals surface area (Å²) in [6, 6.07) is 13.4. The molecule has 33 heavy (non-hydrogen) atoms. The van der Waals surface area contributed by atoms with Crippen LogP contribution in [0.3, 0.4) is 0 Å². The van der Waals surface area contributed by atoms with Gasteiger partial charge in [0.25, 0.3) is 0 Å². The summed E-state index contributed by atoms with van der Waals surface area (Å²) in [5.74, 6) is 1.35. The van der Waals surface area contributed by atoms with Crippen LogP contribution in [0.15, 0.2) is 80.4 Å². The molecule has 5 rings (SSSR count). The highest BCUT2D eigenvalue weighted by Gasteiger charge is 2.18. The van der Waals surface area contributed by atoms with E-state index in [1.807, 2.05) is 17.5 Å². The second kappa shape index (κ2) is 9.47. The lowest BCUT2D eigenvalue weighted by molar-refractivity contribution is -0.115. The SMILES string of the molecule is O=C(CCSc1nc(-c2ccco2)c(-c2ccco2)[nH]1)Nc1nc(-c2ccc(F)cc2)cs1. The molecule has 0 aliphatic carbocycles. The van der Waals surface area contributed by atoms with Gasteiger partial charge in [0.05, 0.1) is 18.2 Å². The molecular formula is C23H17FN4O3S2. The average Bonchev–Trinajstić information content (AvgIpc) is 3.61. The molecule has 5 aromatic rings. The third-order valence-corrected chi connectivity index (χ3v) is 6.30. The molecule has 0 aliphatic heterocycles. The number of aromatic nitrogens is 3. The highest BCUT2D eigenvalue weighted by molar-refractivity contribution is 7.99. The maximum Gasteiger partial charge on any atom is 0.226 e. The van der Waals surface area contributed by atoms with Gasteiger partial charge < -0.3 is 19.1 Å². The number of halogens is 1. The first kappa shape index (κ1) is 21.2. The van der Waals surface area contributed by atoms with Crippen LogP contribution in [0.2, 0.25) is 0 Å². The Bertz CT molecular complexity index is 1290. The van der Waals surface area contributed by atoms with E-state index < -0.39 is 0 Å². The maximum absolute atomic E-state index is 13.1. The average molecular weight is 481 g/mol. The number of thiazole rings is 1. The van der Waals surface area contributed by atoms with Gasteiger partial charge in [-0.05, 0) is 48.5 Å². The number of amides is 1. The van der Waals surface area contributed by atoms with Crippen LogP contribution in [0.4, 0.5) is 9.52 Å². The van der Waals surface area contributed by atoms with E-state index in [-0.39, 0.29) is 18.1 Å².